The molecular formula is C18H28ClNO4S. The van der Waals surface area contributed by atoms with E-state index in [4.69, 9.17) is 15.8 Å². The third-order valence-electron chi connectivity index (χ3n) is 4.12. The Morgan fingerprint density at radius 1 is 1.32 bits per heavy atom. The van der Waals surface area contributed by atoms with Gasteiger partial charge in [0.2, 0.25) is 5.91 Å². The van der Waals surface area contributed by atoms with Gasteiger partial charge in [0.05, 0.1) is 11.2 Å². The fraction of sp³-hybridized carbons (Fsp3) is 0.611. The molecule has 0 aliphatic carbocycles. The largest absolute Gasteiger partial charge is 0.382 e. The summed E-state index contributed by atoms with van der Waals surface area (Å²) < 4.78 is 28.3. The van der Waals surface area contributed by atoms with Crippen molar-refractivity contribution in [1.82, 2.24) is 4.90 Å². The van der Waals surface area contributed by atoms with Crippen LogP contribution in [0, 0.1) is 5.41 Å². The maximum atomic E-state index is 12.9. The second-order valence-electron chi connectivity index (χ2n) is 6.78. The molecule has 1 amide bonds. The Hall–Kier alpha value is -1.27. The van der Waals surface area contributed by atoms with Crippen LogP contribution in [-0.2, 0) is 21.5 Å². The van der Waals surface area contributed by atoms with Crippen LogP contribution >= 0.6 is 11.6 Å². The molecule has 0 bridgehead atoms. The summed E-state index contributed by atoms with van der Waals surface area (Å²) in [6, 6.07) is 6.86. The first-order valence-corrected chi connectivity index (χ1v) is 10.6. The highest BCUT2D eigenvalue weighted by Crippen LogP contribution is 2.25. The molecule has 1 rings (SSSR count). The van der Waals surface area contributed by atoms with Gasteiger partial charge in [-0.25, -0.2) is 0 Å². The summed E-state index contributed by atoms with van der Waals surface area (Å²) in [6.45, 7) is 9.56. The molecule has 1 aromatic carbocycles. The minimum Gasteiger partial charge on any atom is -0.382 e. The highest BCUT2D eigenvalue weighted by Gasteiger charge is 2.33. The summed E-state index contributed by atoms with van der Waals surface area (Å²) in [7, 11) is -3.58. The van der Waals surface area contributed by atoms with Gasteiger partial charge in [0, 0.05) is 18.5 Å². The van der Waals surface area contributed by atoms with Crippen molar-refractivity contribution in [1.29, 1.82) is 0 Å². The number of nitrogens with zero attached hydrogens (tertiary/aromatic N) is 1. The SMILES string of the molecule is CCC(C)N(Cc1cccc(OS(=O)(=O)CC)c1)C(=O)C(C)(C)CCl. The van der Waals surface area contributed by atoms with Gasteiger partial charge in [-0.1, -0.05) is 19.1 Å². The van der Waals surface area contributed by atoms with Gasteiger partial charge in [0.1, 0.15) is 5.75 Å². The van der Waals surface area contributed by atoms with Crippen molar-refractivity contribution in [3.63, 3.8) is 0 Å². The van der Waals surface area contributed by atoms with Crippen LogP contribution in [0.2, 0.25) is 0 Å². The third kappa shape index (κ3) is 6.19. The molecule has 25 heavy (non-hydrogen) atoms. The molecule has 0 spiro atoms. The number of rotatable bonds is 9. The predicted molar refractivity (Wildman–Crippen MR) is 101 cm³/mol. The third-order valence-corrected chi connectivity index (χ3v) is 5.95. The quantitative estimate of drug-likeness (QED) is 0.476. The van der Waals surface area contributed by atoms with Gasteiger partial charge in [-0.3, -0.25) is 4.79 Å². The number of carbonyl (C=O) groups excluding carboxylic acids is 1. The molecule has 0 N–H and O–H groups in total. The average Bonchev–Trinajstić information content (AvgIpc) is 2.58. The topological polar surface area (TPSA) is 63.7 Å². The molecular weight excluding hydrogens is 362 g/mol. The van der Waals surface area contributed by atoms with Gasteiger partial charge >= 0.3 is 10.1 Å². The van der Waals surface area contributed by atoms with E-state index in [2.05, 4.69) is 0 Å². The van der Waals surface area contributed by atoms with Crippen LogP contribution in [0.5, 0.6) is 5.75 Å². The van der Waals surface area contributed by atoms with E-state index in [0.29, 0.717) is 6.54 Å². The molecule has 0 saturated heterocycles. The van der Waals surface area contributed by atoms with Crippen LogP contribution in [0.1, 0.15) is 46.6 Å². The number of hydrogen-bond acceptors (Lipinski definition) is 4. The van der Waals surface area contributed by atoms with Gasteiger partial charge < -0.3 is 9.08 Å². The van der Waals surface area contributed by atoms with Crippen molar-refractivity contribution in [2.75, 3.05) is 11.6 Å². The Labute approximate surface area is 156 Å². The van der Waals surface area contributed by atoms with E-state index in [-0.39, 0.29) is 29.3 Å². The zero-order chi connectivity index (χ0) is 19.3. The molecule has 5 nitrogen and oxygen atoms in total. The van der Waals surface area contributed by atoms with Crippen molar-refractivity contribution in [2.24, 2.45) is 5.41 Å². The molecule has 142 valence electrons. The monoisotopic (exact) mass is 389 g/mol. The molecule has 0 fully saturated rings. The number of alkyl halides is 1. The Balaban J connectivity index is 3.08. The van der Waals surface area contributed by atoms with Crippen LogP contribution in [-0.4, -0.2) is 36.9 Å². The first-order chi connectivity index (χ1) is 11.6. The van der Waals surface area contributed by atoms with E-state index in [1.165, 1.54) is 6.92 Å². The maximum Gasteiger partial charge on any atom is 0.308 e. The lowest BCUT2D eigenvalue weighted by Gasteiger charge is -2.35. The summed E-state index contributed by atoms with van der Waals surface area (Å²) in [5.74, 6) is 0.367. The van der Waals surface area contributed by atoms with E-state index in [1.807, 2.05) is 33.8 Å². The molecule has 0 aliphatic rings. The van der Waals surface area contributed by atoms with Crippen molar-refractivity contribution >= 4 is 27.6 Å². The van der Waals surface area contributed by atoms with Crippen molar-refractivity contribution in [2.45, 2.75) is 53.6 Å². The lowest BCUT2D eigenvalue weighted by molar-refractivity contribution is -0.142. The van der Waals surface area contributed by atoms with E-state index < -0.39 is 15.5 Å². The summed E-state index contributed by atoms with van der Waals surface area (Å²) in [6.07, 6.45) is 0.810. The molecule has 0 heterocycles. The van der Waals surface area contributed by atoms with Gasteiger partial charge in [-0.15, -0.1) is 11.6 Å². The number of benzene rings is 1. The maximum absolute atomic E-state index is 12.9. The fourth-order valence-electron chi connectivity index (χ4n) is 2.19. The Morgan fingerprint density at radius 2 is 1.96 bits per heavy atom. The predicted octanol–water partition coefficient (Wildman–Crippen LogP) is 3.81. The standard InChI is InChI=1S/C18H28ClNO4S/c1-6-14(3)20(17(21)18(4,5)13-19)12-15-9-8-10-16(11-15)24-25(22,23)7-2/h8-11,14H,6-7,12-13H2,1-5H3. The molecule has 0 aromatic heterocycles. The summed E-state index contributed by atoms with van der Waals surface area (Å²) in [5, 5.41) is 0. The van der Waals surface area contributed by atoms with Crippen LogP contribution in [0.4, 0.5) is 0 Å². The lowest BCUT2D eigenvalue weighted by Crippen LogP contribution is -2.45. The van der Waals surface area contributed by atoms with Crippen molar-refractivity contribution in [3.8, 4) is 5.75 Å². The molecule has 0 aliphatic heterocycles. The zero-order valence-corrected chi connectivity index (χ0v) is 17.2. The minimum atomic E-state index is -3.58. The number of amides is 1. The molecule has 7 heteroatoms. The first-order valence-electron chi connectivity index (χ1n) is 8.44. The molecule has 1 atom stereocenters. The molecule has 1 unspecified atom stereocenters. The van der Waals surface area contributed by atoms with E-state index in [0.717, 1.165) is 12.0 Å². The van der Waals surface area contributed by atoms with Crippen LogP contribution in [0.25, 0.3) is 0 Å². The Bertz CT molecular complexity index is 688. The first kappa shape index (κ1) is 21.8. The molecule has 0 saturated carbocycles. The normalized spacial score (nSPS) is 13.4. The van der Waals surface area contributed by atoms with Crippen LogP contribution < -0.4 is 4.18 Å². The van der Waals surface area contributed by atoms with Gasteiger partial charge in [-0.05, 0) is 51.8 Å². The van der Waals surface area contributed by atoms with Crippen molar-refractivity contribution in [3.05, 3.63) is 29.8 Å². The zero-order valence-electron chi connectivity index (χ0n) is 15.6. The molecule has 0 radical (unpaired) electrons. The van der Waals surface area contributed by atoms with E-state index >= 15 is 0 Å². The Kier molecular flexibility index (Phi) is 7.75. The second kappa shape index (κ2) is 8.90. The number of halogens is 1. The average molecular weight is 390 g/mol. The summed E-state index contributed by atoms with van der Waals surface area (Å²) in [4.78, 5) is 14.7. The molecule has 1 aromatic rings. The van der Waals surface area contributed by atoms with Crippen LogP contribution in [0.3, 0.4) is 0 Å². The van der Waals surface area contributed by atoms with Gasteiger partial charge in [0.25, 0.3) is 0 Å². The van der Waals surface area contributed by atoms with Gasteiger partial charge in [-0.2, -0.15) is 8.42 Å². The highest BCUT2D eigenvalue weighted by molar-refractivity contribution is 7.87. The fourth-order valence-corrected chi connectivity index (χ4v) is 2.82. The van der Waals surface area contributed by atoms with E-state index in [1.54, 1.807) is 23.1 Å². The van der Waals surface area contributed by atoms with Gasteiger partial charge in [0.15, 0.2) is 0 Å². The Morgan fingerprint density at radius 3 is 2.48 bits per heavy atom. The lowest BCUT2D eigenvalue weighted by atomic mass is 9.93. The number of hydrogen-bond donors (Lipinski definition) is 0. The summed E-state index contributed by atoms with van der Waals surface area (Å²) in [5.41, 5.74) is 0.146. The highest BCUT2D eigenvalue weighted by atomic mass is 35.5. The minimum absolute atomic E-state index is 0.0237. The van der Waals surface area contributed by atoms with Crippen LogP contribution in [0.15, 0.2) is 24.3 Å². The number of carbonyl (C=O) groups is 1. The second-order valence-corrected chi connectivity index (χ2v) is 8.91. The summed E-state index contributed by atoms with van der Waals surface area (Å²) >= 11 is 5.96. The van der Waals surface area contributed by atoms with Crippen molar-refractivity contribution < 1.29 is 17.4 Å². The van der Waals surface area contributed by atoms with E-state index in [9.17, 15) is 13.2 Å². The smallest absolute Gasteiger partial charge is 0.308 e.